The van der Waals surface area contributed by atoms with E-state index in [-0.39, 0.29) is 11.4 Å². The Hall–Kier alpha value is -2.34. The molecule has 3 rings (SSSR count). The number of carbonyl (C=O) groups is 1. The molecule has 4 N–H and O–H groups in total. The van der Waals surface area contributed by atoms with Crippen molar-refractivity contribution < 1.29 is 4.79 Å². The number of piperidine rings is 1. The quantitative estimate of drug-likeness (QED) is 0.791. The van der Waals surface area contributed by atoms with Crippen LogP contribution in [0.1, 0.15) is 40.5 Å². The minimum absolute atomic E-state index is 0.190. The monoisotopic (exact) mass is 300 g/mol. The summed E-state index contributed by atoms with van der Waals surface area (Å²) in [5, 5.41) is 0. The number of carbonyl (C=O) groups excluding carboxylic acids is 1. The lowest BCUT2D eigenvalue weighted by molar-refractivity contribution is 0.0993. The number of nitrogens with two attached hydrogens (primary N) is 1. The Bertz CT molecular complexity index is 696. The van der Waals surface area contributed by atoms with Crippen molar-refractivity contribution in [1.29, 1.82) is 0 Å². The van der Waals surface area contributed by atoms with E-state index < -0.39 is 5.91 Å². The summed E-state index contributed by atoms with van der Waals surface area (Å²) in [6, 6.07) is 10.5. The highest BCUT2D eigenvalue weighted by molar-refractivity contribution is 5.91. The van der Waals surface area contributed by atoms with Crippen LogP contribution in [0.25, 0.3) is 0 Å². The average molecular weight is 300 g/mol. The van der Waals surface area contributed by atoms with Gasteiger partial charge in [-0.3, -0.25) is 9.69 Å². The van der Waals surface area contributed by atoms with Crippen LogP contribution in [0, 0.1) is 0 Å². The van der Waals surface area contributed by atoms with Gasteiger partial charge >= 0.3 is 5.69 Å². The van der Waals surface area contributed by atoms with E-state index in [1.165, 1.54) is 5.56 Å². The van der Waals surface area contributed by atoms with Crippen LogP contribution in [0.3, 0.4) is 0 Å². The number of amides is 1. The zero-order valence-electron chi connectivity index (χ0n) is 12.3. The fourth-order valence-electron chi connectivity index (χ4n) is 3.12. The van der Waals surface area contributed by atoms with Crippen molar-refractivity contribution in [2.45, 2.75) is 25.3 Å². The molecule has 6 heteroatoms. The molecule has 1 aromatic heterocycles. The molecule has 22 heavy (non-hydrogen) atoms. The molecule has 2 aromatic rings. The molecule has 0 radical (unpaired) electrons. The van der Waals surface area contributed by atoms with E-state index in [4.69, 9.17) is 5.73 Å². The molecular weight excluding hydrogens is 280 g/mol. The fraction of sp³-hybridized carbons (Fsp3) is 0.375. The summed E-state index contributed by atoms with van der Waals surface area (Å²) in [5.41, 5.74) is 7.05. The summed E-state index contributed by atoms with van der Waals surface area (Å²) < 4.78 is 0. The van der Waals surface area contributed by atoms with E-state index in [0.29, 0.717) is 18.2 Å². The van der Waals surface area contributed by atoms with Crippen molar-refractivity contribution in [2.75, 3.05) is 13.1 Å². The van der Waals surface area contributed by atoms with Crippen molar-refractivity contribution in [3.05, 3.63) is 57.8 Å². The first-order valence-corrected chi connectivity index (χ1v) is 7.52. The first-order chi connectivity index (χ1) is 10.6. The van der Waals surface area contributed by atoms with Crippen molar-refractivity contribution in [3.63, 3.8) is 0 Å². The summed E-state index contributed by atoms with van der Waals surface area (Å²) in [7, 11) is 0. The lowest BCUT2D eigenvalue weighted by Gasteiger charge is -2.31. The fourth-order valence-corrected chi connectivity index (χ4v) is 3.12. The summed E-state index contributed by atoms with van der Waals surface area (Å²) >= 11 is 0. The van der Waals surface area contributed by atoms with Crippen LogP contribution >= 0.6 is 0 Å². The molecule has 2 heterocycles. The number of aromatic amines is 2. The molecule has 1 aromatic carbocycles. The number of primary amides is 1. The Morgan fingerprint density at radius 3 is 2.50 bits per heavy atom. The topological polar surface area (TPSA) is 95.0 Å². The molecule has 1 saturated heterocycles. The second kappa shape index (κ2) is 6.19. The highest BCUT2D eigenvalue weighted by atomic mass is 16.2. The zero-order valence-corrected chi connectivity index (χ0v) is 12.3. The van der Waals surface area contributed by atoms with Crippen LogP contribution in [0.2, 0.25) is 0 Å². The van der Waals surface area contributed by atoms with Gasteiger partial charge in [-0.05, 0) is 37.4 Å². The van der Waals surface area contributed by atoms with Crippen molar-refractivity contribution in [2.24, 2.45) is 5.73 Å². The van der Waals surface area contributed by atoms with E-state index in [2.05, 4.69) is 39.1 Å². The molecule has 0 saturated carbocycles. The van der Waals surface area contributed by atoms with Gasteiger partial charge in [0.15, 0.2) is 0 Å². The third-order valence-corrected chi connectivity index (χ3v) is 4.29. The van der Waals surface area contributed by atoms with Gasteiger partial charge in [0.05, 0.1) is 5.69 Å². The van der Waals surface area contributed by atoms with Crippen molar-refractivity contribution in [3.8, 4) is 0 Å². The van der Waals surface area contributed by atoms with Crippen LogP contribution in [0.4, 0.5) is 0 Å². The number of H-pyrrole nitrogens is 2. The summed E-state index contributed by atoms with van der Waals surface area (Å²) in [6.45, 7) is 2.41. The number of nitrogens with one attached hydrogen (secondary N) is 2. The smallest absolute Gasteiger partial charge is 0.323 e. The molecule has 1 amide bonds. The highest BCUT2D eigenvalue weighted by Gasteiger charge is 2.22. The average Bonchev–Trinajstić information content (AvgIpc) is 2.90. The van der Waals surface area contributed by atoms with Crippen LogP contribution in [-0.2, 0) is 6.54 Å². The molecule has 116 valence electrons. The molecule has 0 atom stereocenters. The van der Waals surface area contributed by atoms with E-state index in [1.807, 2.05) is 6.07 Å². The van der Waals surface area contributed by atoms with Gasteiger partial charge in [-0.1, -0.05) is 30.3 Å². The van der Waals surface area contributed by atoms with Crippen LogP contribution < -0.4 is 11.4 Å². The molecule has 0 aliphatic carbocycles. The van der Waals surface area contributed by atoms with Gasteiger partial charge in [-0.2, -0.15) is 0 Å². The summed E-state index contributed by atoms with van der Waals surface area (Å²) in [6.07, 6.45) is 2.15. The van der Waals surface area contributed by atoms with Crippen LogP contribution in [0.15, 0.2) is 35.1 Å². The SMILES string of the molecule is NC(=O)c1[nH]c(=O)[nH]c1CN1CCC(c2ccccc2)CC1. The maximum atomic E-state index is 11.4. The molecule has 0 bridgehead atoms. The first-order valence-electron chi connectivity index (χ1n) is 7.52. The van der Waals surface area contributed by atoms with Gasteiger partial charge in [0, 0.05) is 6.54 Å². The van der Waals surface area contributed by atoms with Gasteiger partial charge in [-0.25, -0.2) is 4.79 Å². The maximum absolute atomic E-state index is 11.4. The number of rotatable bonds is 4. The minimum Gasteiger partial charge on any atom is -0.364 e. The lowest BCUT2D eigenvalue weighted by Crippen LogP contribution is -2.33. The predicted octanol–water partition coefficient (Wildman–Crippen LogP) is 1.18. The van der Waals surface area contributed by atoms with E-state index in [0.717, 1.165) is 25.9 Å². The van der Waals surface area contributed by atoms with Gasteiger partial charge in [0.1, 0.15) is 5.69 Å². The Labute approximate surface area is 128 Å². The van der Waals surface area contributed by atoms with E-state index >= 15 is 0 Å². The largest absolute Gasteiger partial charge is 0.364 e. The number of benzene rings is 1. The number of nitrogens with zero attached hydrogens (tertiary/aromatic N) is 1. The third-order valence-electron chi connectivity index (χ3n) is 4.29. The van der Waals surface area contributed by atoms with E-state index in [1.54, 1.807) is 0 Å². The zero-order chi connectivity index (χ0) is 15.5. The first kappa shape index (κ1) is 14.6. The van der Waals surface area contributed by atoms with Gasteiger partial charge in [-0.15, -0.1) is 0 Å². The number of aromatic nitrogens is 2. The lowest BCUT2D eigenvalue weighted by atomic mass is 9.89. The molecule has 0 unspecified atom stereocenters. The Balaban J connectivity index is 1.63. The molecule has 1 fully saturated rings. The molecule has 1 aliphatic heterocycles. The number of hydrogen-bond donors (Lipinski definition) is 3. The Morgan fingerprint density at radius 2 is 1.86 bits per heavy atom. The second-order valence-corrected chi connectivity index (χ2v) is 5.76. The molecule has 0 spiro atoms. The standard InChI is InChI=1S/C16H20N4O2/c17-15(21)14-13(18-16(22)19-14)10-20-8-6-12(7-9-20)11-4-2-1-3-5-11/h1-5,12H,6-10H2,(H2,17,21)(H2,18,19,22). The van der Waals surface area contributed by atoms with Crippen molar-refractivity contribution >= 4 is 5.91 Å². The third kappa shape index (κ3) is 3.12. The highest BCUT2D eigenvalue weighted by Crippen LogP contribution is 2.28. The van der Waals surface area contributed by atoms with Gasteiger partial charge < -0.3 is 15.7 Å². The second-order valence-electron chi connectivity index (χ2n) is 5.76. The van der Waals surface area contributed by atoms with E-state index in [9.17, 15) is 9.59 Å². The molecule has 1 aliphatic rings. The Morgan fingerprint density at radius 1 is 1.18 bits per heavy atom. The number of hydrogen-bond acceptors (Lipinski definition) is 3. The summed E-state index contributed by atoms with van der Waals surface area (Å²) in [5.74, 6) is -0.0224. The normalized spacial score (nSPS) is 16.7. The van der Waals surface area contributed by atoms with Crippen molar-refractivity contribution in [1.82, 2.24) is 14.9 Å². The number of imidazole rings is 1. The predicted molar refractivity (Wildman–Crippen MR) is 83.6 cm³/mol. The van der Waals surface area contributed by atoms with Crippen LogP contribution in [0.5, 0.6) is 0 Å². The Kier molecular flexibility index (Phi) is 4.11. The summed E-state index contributed by atoms with van der Waals surface area (Å²) in [4.78, 5) is 30.0. The van der Waals surface area contributed by atoms with Gasteiger partial charge in [0.25, 0.3) is 5.91 Å². The van der Waals surface area contributed by atoms with Gasteiger partial charge in [0.2, 0.25) is 0 Å². The number of likely N-dealkylation sites (tertiary alicyclic amines) is 1. The molecule has 6 nitrogen and oxygen atoms in total. The maximum Gasteiger partial charge on any atom is 0.323 e. The minimum atomic E-state index is -0.604. The molecular formula is C16H20N4O2. The van der Waals surface area contributed by atoms with Crippen LogP contribution in [-0.4, -0.2) is 33.9 Å².